The van der Waals surface area contributed by atoms with Crippen LogP contribution in [0.15, 0.2) is 60.7 Å². The minimum atomic E-state index is 0.636. The van der Waals surface area contributed by atoms with Crippen LogP contribution in [-0.2, 0) is 6.42 Å². The molecule has 0 saturated heterocycles. The van der Waals surface area contributed by atoms with Crippen LogP contribution in [0.5, 0.6) is 5.75 Å². The van der Waals surface area contributed by atoms with E-state index in [9.17, 15) is 0 Å². The highest BCUT2D eigenvalue weighted by Crippen LogP contribution is 2.16. The van der Waals surface area contributed by atoms with Crippen LogP contribution < -0.4 is 4.74 Å². The smallest absolute Gasteiger partial charge is 0.119 e. The predicted molar refractivity (Wildman–Crippen MR) is 84.1 cm³/mol. The summed E-state index contributed by atoms with van der Waals surface area (Å²) in [5.74, 6) is 1.53. The summed E-state index contributed by atoms with van der Waals surface area (Å²) < 4.78 is 5.57. The first-order chi connectivity index (χ1) is 9.30. The molecule has 1 rings (SSSR count). The lowest BCUT2D eigenvalue weighted by molar-refractivity contribution is 0.318. The van der Waals surface area contributed by atoms with E-state index in [2.05, 4.69) is 24.8 Å². The zero-order valence-corrected chi connectivity index (χ0v) is 12.2. The van der Waals surface area contributed by atoms with Crippen molar-refractivity contribution in [2.75, 3.05) is 12.5 Å². The second-order valence-electron chi connectivity index (χ2n) is 4.19. The highest BCUT2D eigenvalue weighted by Gasteiger charge is 1.98. The molecule has 0 aliphatic carbocycles. The highest BCUT2D eigenvalue weighted by atomic mass is 35.5. The first-order valence-electron chi connectivity index (χ1n) is 6.52. The van der Waals surface area contributed by atoms with Crippen molar-refractivity contribution in [2.24, 2.45) is 0 Å². The zero-order chi connectivity index (χ0) is 13.9. The first-order valence-corrected chi connectivity index (χ1v) is 7.05. The summed E-state index contributed by atoms with van der Waals surface area (Å²) >= 11 is 5.61. The van der Waals surface area contributed by atoms with E-state index in [-0.39, 0.29) is 0 Å². The van der Waals surface area contributed by atoms with Gasteiger partial charge in [0.15, 0.2) is 0 Å². The largest absolute Gasteiger partial charge is 0.494 e. The van der Waals surface area contributed by atoms with Gasteiger partial charge in [-0.05, 0) is 43.0 Å². The molecule has 0 N–H and O–H groups in total. The van der Waals surface area contributed by atoms with Gasteiger partial charge in [0.25, 0.3) is 0 Å². The summed E-state index contributed by atoms with van der Waals surface area (Å²) in [4.78, 5) is 0. The van der Waals surface area contributed by atoms with Crippen LogP contribution in [-0.4, -0.2) is 12.5 Å². The number of hydrogen-bond acceptors (Lipinski definition) is 1. The Morgan fingerprint density at radius 1 is 1.32 bits per heavy atom. The van der Waals surface area contributed by atoms with Crippen molar-refractivity contribution in [3.8, 4) is 5.75 Å². The molecule has 102 valence electrons. The molecule has 0 amide bonds. The van der Waals surface area contributed by atoms with Crippen molar-refractivity contribution in [2.45, 2.75) is 19.8 Å². The molecular weight excluding hydrogens is 256 g/mol. The van der Waals surface area contributed by atoms with Gasteiger partial charge in [-0.1, -0.05) is 43.0 Å². The third-order valence-corrected chi connectivity index (χ3v) is 2.86. The number of alkyl halides is 1. The molecule has 0 bridgehead atoms. The van der Waals surface area contributed by atoms with E-state index in [1.807, 2.05) is 37.3 Å². The second-order valence-corrected chi connectivity index (χ2v) is 4.57. The van der Waals surface area contributed by atoms with Gasteiger partial charge in [0.1, 0.15) is 5.75 Å². The molecule has 2 heteroatoms. The Labute approximate surface area is 121 Å². The van der Waals surface area contributed by atoms with Crippen LogP contribution in [0.3, 0.4) is 0 Å². The summed E-state index contributed by atoms with van der Waals surface area (Å²) in [5, 5.41) is 0. The number of halogens is 1. The van der Waals surface area contributed by atoms with E-state index < -0.39 is 0 Å². The highest BCUT2D eigenvalue weighted by molar-refractivity contribution is 6.17. The molecule has 0 unspecified atom stereocenters. The van der Waals surface area contributed by atoms with Gasteiger partial charge in [0.05, 0.1) is 6.61 Å². The average Bonchev–Trinajstić information content (AvgIpc) is 2.42. The molecule has 0 spiro atoms. The Morgan fingerprint density at radius 2 is 2.05 bits per heavy atom. The Kier molecular flexibility index (Phi) is 7.76. The standard InChI is InChI=1S/C17H21ClO/c1-3-6-15(7-4-2)14-16-8-10-17(11-9-16)19-13-5-12-18/h3-4,6-11H,1,5,12-14H2,2H3/b7-4-,15-6+. The third-order valence-electron chi connectivity index (χ3n) is 2.59. The van der Waals surface area contributed by atoms with Gasteiger partial charge in [0, 0.05) is 5.88 Å². The average molecular weight is 277 g/mol. The molecule has 0 fully saturated rings. The Bertz CT molecular complexity index is 429. The van der Waals surface area contributed by atoms with Gasteiger partial charge in [0.2, 0.25) is 0 Å². The molecule has 0 aliphatic heterocycles. The molecule has 0 saturated carbocycles. The monoisotopic (exact) mass is 276 g/mol. The normalized spacial score (nSPS) is 11.8. The van der Waals surface area contributed by atoms with Crippen molar-refractivity contribution in [3.63, 3.8) is 0 Å². The summed E-state index contributed by atoms with van der Waals surface area (Å²) in [6.45, 7) is 6.43. The first kappa shape index (κ1) is 15.6. The summed E-state index contributed by atoms with van der Waals surface area (Å²) in [7, 11) is 0. The second kappa shape index (κ2) is 9.46. The van der Waals surface area contributed by atoms with Gasteiger partial charge in [-0.15, -0.1) is 11.6 Å². The van der Waals surface area contributed by atoms with Crippen LogP contribution in [0.1, 0.15) is 18.9 Å². The minimum absolute atomic E-state index is 0.636. The van der Waals surface area contributed by atoms with Gasteiger partial charge in [-0.25, -0.2) is 0 Å². The number of ether oxygens (including phenoxy) is 1. The molecule has 1 nitrogen and oxygen atoms in total. The van der Waals surface area contributed by atoms with Crippen LogP contribution in [0.2, 0.25) is 0 Å². The predicted octanol–water partition coefficient (Wildman–Crippen LogP) is 4.93. The van der Waals surface area contributed by atoms with Crippen molar-refractivity contribution in [1.82, 2.24) is 0 Å². The van der Waals surface area contributed by atoms with E-state index in [0.717, 1.165) is 18.6 Å². The summed E-state index contributed by atoms with van der Waals surface area (Å²) in [5.41, 5.74) is 2.50. The van der Waals surface area contributed by atoms with Gasteiger partial charge in [-0.3, -0.25) is 0 Å². The van der Waals surface area contributed by atoms with Crippen LogP contribution in [0.25, 0.3) is 0 Å². The zero-order valence-electron chi connectivity index (χ0n) is 11.4. The van der Waals surface area contributed by atoms with Crippen molar-refractivity contribution in [3.05, 3.63) is 66.3 Å². The molecule has 19 heavy (non-hydrogen) atoms. The molecule has 0 aliphatic rings. The SMILES string of the molecule is C=C/C=C(\C=C/C)Cc1ccc(OCCCCl)cc1. The fraction of sp³-hybridized carbons (Fsp3) is 0.294. The Hall–Kier alpha value is -1.47. The topological polar surface area (TPSA) is 9.23 Å². The maximum absolute atomic E-state index is 5.61. The molecule has 0 heterocycles. The number of allylic oxidation sites excluding steroid dienone is 5. The quantitative estimate of drug-likeness (QED) is 0.372. The maximum Gasteiger partial charge on any atom is 0.119 e. The van der Waals surface area contributed by atoms with E-state index in [4.69, 9.17) is 16.3 Å². The Balaban J connectivity index is 2.60. The lowest BCUT2D eigenvalue weighted by Gasteiger charge is -2.07. The minimum Gasteiger partial charge on any atom is -0.494 e. The van der Waals surface area contributed by atoms with E-state index in [1.54, 1.807) is 0 Å². The molecule has 0 atom stereocenters. The molecule has 1 aromatic rings. The number of hydrogen-bond donors (Lipinski definition) is 0. The van der Waals surface area contributed by atoms with Crippen molar-refractivity contribution < 1.29 is 4.74 Å². The van der Waals surface area contributed by atoms with Crippen LogP contribution in [0, 0.1) is 0 Å². The maximum atomic E-state index is 5.61. The lowest BCUT2D eigenvalue weighted by atomic mass is 10.0. The van der Waals surface area contributed by atoms with Crippen molar-refractivity contribution >= 4 is 11.6 Å². The van der Waals surface area contributed by atoms with E-state index >= 15 is 0 Å². The van der Waals surface area contributed by atoms with Gasteiger partial charge < -0.3 is 4.74 Å². The fourth-order valence-electron chi connectivity index (χ4n) is 1.72. The molecule has 0 aromatic heterocycles. The van der Waals surface area contributed by atoms with Crippen LogP contribution >= 0.6 is 11.6 Å². The van der Waals surface area contributed by atoms with Crippen molar-refractivity contribution in [1.29, 1.82) is 0 Å². The summed E-state index contributed by atoms with van der Waals surface area (Å²) in [6, 6.07) is 8.20. The van der Waals surface area contributed by atoms with Crippen LogP contribution in [0.4, 0.5) is 0 Å². The third kappa shape index (κ3) is 6.30. The van der Waals surface area contributed by atoms with E-state index in [1.165, 1.54) is 11.1 Å². The summed E-state index contributed by atoms with van der Waals surface area (Å²) in [6.07, 6.45) is 9.77. The Morgan fingerprint density at radius 3 is 2.63 bits per heavy atom. The number of rotatable bonds is 8. The molecule has 1 aromatic carbocycles. The lowest BCUT2D eigenvalue weighted by Crippen LogP contribution is -1.97. The van der Waals surface area contributed by atoms with E-state index in [0.29, 0.717) is 12.5 Å². The van der Waals surface area contributed by atoms with Gasteiger partial charge >= 0.3 is 0 Å². The van der Waals surface area contributed by atoms with Gasteiger partial charge in [-0.2, -0.15) is 0 Å². The number of benzene rings is 1. The molecule has 0 radical (unpaired) electrons. The molecular formula is C17H21ClO. The fourth-order valence-corrected chi connectivity index (χ4v) is 1.83.